The van der Waals surface area contributed by atoms with Gasteiger partial charge in [-0.05, 0) is 19.1 Å². The second kappa shape index (κ2) is 4.45. The van der Waals surface area contributed by atoms with Crippen molar-refractivity contribution in [3.63, 3.8) is 0 Å². The summed E-state index contributed by atoms with van der Waals surface area (Å²) in [5, 5.41) is 1.80. The van der Waals surface area contributed by atoms with Crippen molar-refractivity contribution in [2.24, 2.45) is 0 Å². The fourth-order valence-electron chi connectivity index (χ4n) is 1.92. The van der Waals surface area contributed by atoms with Crippen LogP contribution in [-0.4, -0.2) is 30.9 Å². The number of ether oxygens (including phenoxy) is 1. The van der Waals surface area contributed by atoms with E-state index in [-0.39, 0.29) is 5.38 Å². The first-order valence-corrected chi connectivity index (χ1v) is 5.87. The molecule has 0 saturated heterocycles. The molecule has 17 heavy (non-hydrogen) atoms. The summed E-state index contributed by atoms with van der Waals surface area (Å²) in [6, 6.07) is 5.86. The number of alkyl halides is 1. The lowest BCUT2D eigenvalue weighted by Gasteiger charge is -2.19. The van der Waals surface area contributed by atoms with Gasteiger partial charge in [0.25, 0.3) is 0 Å². The van der Waals surface area contributed by atoms with Crippen LogP contribution in [0.15, 0.2) is 18.2 Å². The molecule has 0 spiro atoms. The molecular formula is C12H16ClN3O. The molecule has 1 aromatic heterocycles. The highest BCUT2D eigenvalue weighted by Crippen LogP contribution is 2.29. The minimum Gasteiger partial charge on any atom is -0.494 e. The maximum absolute atomic E-state index is 6.17. The summed E-state index contributed by atoms with van der Waals surface area (Å²) in [5.41, 5.74) is 1.84. The number of hydrogen-bond donors (Lipinski definition) is 0. The molecule has 5 heteroatoms. The summed E-state index contributed by atoms with van der Waals surface area (Å²) < 4.78 is 7.31. The van der Waals surface area contributed by atoms with Gasteiger partial charge in [-0.1, -0.05) is 6.07 Å². The van der Waals surface area contributed by atoms with Crippen LogP contribution < -0.4 is 9.75 Å². The van der Waals surface area contributed by atoms with Gasteiger partial charge in [0, 0.05) is 14.1 Å². The van der Waals surface area contributed by atoms with Crippen molar-refractivity contribution in [2.45, 2.75) is 12.3 Å². The van der Waals surface area contributed by atoms with Crippen LogP contribution in [0.1, 0.15) is 18.1 Å². The van der Waals surface area contributed by atoms with Gasteiger partial charge < -0.3 is 9.75 Å². The van der Waals surface area contributed by atoms with Gasteiger partial charge in [0.1, 0.15) is 17.1 Å². The van der Waals surface area contributed by atoms with E-state index in [4.69, 9.17) is 16.3 Å². The van der Waals surface area contributed by atoms with Crippen LogP contribution in [0.2, 0.25) is 0 Å². The zero-order valence-electron chi connectivity index (χ0n) is 10.4. The quantitative estimate of drug-likeness (QED) is 0.788. The van der Waals surface area contributed by atoms with E-state index in [1.807, 2.05) is 48.9 Å². The molecule has 0 aliphatic carbocycles. The van der Waals surface area contributed by atoms with Crippen molar-refractivity contribution >= 4 is 22.6 Å². The number of nitrogens with zero attached hydrogens (tertiary/aromatic N) is 3. The fraction of sp³-hybridized carbons (Fsp3) is 0.417. The Morgan fingerprint density at radius 1 is 1.41 bits per heavy atom. The zero-order chi connectivity index (χ0) is 12.6. The smallest absolute Gasteiger partial charge is 0.146 e. The van der Waals surface area contributed by atoms with E-state index in [9.17, 15) is 0 Å². The summed E-state index contributed by atoms with van der Waals surface area (Å²) in [6.45, 7) is 1.91. The summed E-state index contributed by atoms with van der Waals surface area (Å²) in [6.07, 6.45) is 0. The first-order chi connectivity index (χ1) is 8.06. The Balaban J connectivity index is 2.79. The lowest BCUT2D eigenvalue weighted by atomic mass is 10.3. The van der Waals surface area contributed by atoms with Gasteiger partial charge in [-0.3, -0.25) is 0 Å². The molecule has 0 radical (unpaired) electrons. The SMILES string of the molecule is COc1cccc2c1nc(C(C)Cl)n2N(C)C. The van der Waals surface area contributed by atoms with Crippen LogP contribution >= 0.6 is 11.6 Å². The molecule has 92 valence electrons. The monoisotopic (exact) mass is 253 g/mol. The maximum Gasteiger partial charge on any atom is 0.146 e. The van der Waals surface area contributed by atoms with Crippen molar-refractivity contribution in [3.05, 3.63) is 24.0 Å². The Bertz CT molecular complexity index is 534. The van der Waals surface area contributed by atoms with Gasteiger partial charge in [-0.25, -0.2) is 9.66 Å². The molecule has 0 N–H and O–H groups in total. The van der Waals surface area contributed by atoms with Gasteiger partial charge in [0.2, 0.25) is 0 Å². The van der Waals surface area contributed by atoms with E-state index < -0.39 is 0 Å². The maximum atomic E-state index is 6.17. The number of halogens is 1. The van der Waals surface area contributed by atoms with Crippen molar-refractivity contribution in [1.82, 2.24) is 9.66 Å². The molecule has 0 aliphatic rings. The molecular weight excluding hydrogens is 238 g/mol. The lowest BCUT2D eigenvalue weighted by molar-refractivity contribution is 0.419. The standard InChI is InChI=1S/C12H16ClN3O/c1-8(13)12-14-11-9(16(12)15(2)3)6-5-7-10(11)17-4/h5-8H,1-4H3. The van der Waals surface area contributed by atoms with Crippen LogP contribution in [-0.2, 0) is 0 Å². The minimum absolute atomic E-state index is 0.158. The number of hydrogen-bond acceptors (Lipinski definition) is 3. The van der Waals surface area contributed by atoms with Crippen LogP contribution in [0.3, 0.4) is 0 Å². The van der Waals surface area contributed by atoms with E-state index in [1.54, 1.807) is 7.11 Å². The van der Waals surface area contributed by atoms with Crippen LogP contribution in [0, 0.1) is 0 Å². The first kappa shape index (κ1) is 12.0. The van der Waals surface area contributed by atoms with Gasteiger partial charge in [0.15, 0.2) is 0 Å². The fourth-order valence-corrected chi connectivity index (χ4v) is 2.06. The molecule has 0 saturated carbocycles. The van der Waals surface area contributed by atoms with E-state index >= 15 is 0 Å². The third-order valence-corrected chi connectivity index (χ3v) is 2.82. The molecule has 1 aromatic carbocycles. The highest BCUT2D eigenvalue weighted by Gasteiger charge is 2.18. The van der Waals surface area contributed by atoms with E-state index in [0.29, 0.717) is 0 Å². The molecule has 2 aromatic rings. The molecule has 1 unspecified atom stereocenters. The molecule has 0 fully saturated rings. The van der Waals surface area contributed by atoms with Crippen LogP contribution in [0.25, 0.3) is 11.0 Å². The average Bonchev–Trinajstić information content (AvgIpc) is 2.67. The van der Waals surface area contributed by atoms with Gasteiger partial charge in [0.05, 0.1) is 18.0 Å². The molecule has 2 rings (SSSR count). The lowest BCUT2D eigenvalue weighted by Crippen LogP contribution is -2.26. The highest BCUT2D eigenvalue weighted by atomic mass is 35.5. The highest BCUT2D eigenvalue weighted by molar-refractivity contribution is 6.20. The Morgan fingerprint density at radius 3 is 2.65 bits per heavy atom. The topological polar surface area (TPSA) is 30.3 Å². The second-order valence-electron chi connectivity index (χ2n) is 4.07. The molecule has 4 nitrogen and oxygen atoms in total. The first-order valence-electron chi connectivity index (χ1n) is 5.43. The average molecular weight is 254 g/mol. The number of fused-ring (bicyclic) bond motifs is 1. The summed E-state index contributed by atoms with van der Waals surface area (Å²) >= 11 is 6.17. The van der Waals surface area contributed by atoms with Gasteiger partial charge in [-0.2, -0.15) is 0 Å². The van der Waals surface area contributed by atoms with Crippen molar-refractivity contribution < 1.29 is 4.74 Å². The van der Waals surface area contributed by atoms with E-state index in [2.05, 4.69) is 4.98 Å². The zero-order valence-corrected chi connectivity index (χ0v) is 11.2. The molecule has 0 amide bonds. The molecule has 0 bridgehead atoms. The van der Waals surface area contributed by atoms with Gasteiger partial charge in [-0.15, -0.1) is 11.6 Å². The predicted molar refractivity (Wildman–Crippen MR) is 70.6 cm³/mol. The normalized spacial score (nSPS) is 12.8. The largest absolute Gasteiger partial charge is 0.494 e. The Kier molecular flexibility index (Phi) is 3.15. The van der Waals surface area contributed by atoms with Crippen LogP contribution in [0.5, 0.6) is 5.75 Å². The Hall–Kier alpha value is -1.42. The predicted octanol–water partition coefficient (Wildman–Crippen LogP) is 2.54. The van der Waals surface area contributed by atoms with Crippen molar-refractivity contribution in [1.29, 1.82) is 0 Å². The summed E-state index contributed by atoms with van der Waals surface area (Å²) in [5.74, 6) is 1.58. The second-order valence-corrected chi connectivity index (χ2v) is 4.73. The number of imidazole rings is 1. The third kappa shape index (κ3) is 1.93. The summed E-state index contributed by atoms with van der Waals surface area (Å²) in [7, 11) is 5.57. The van der Waals surface area contributed by atoms with Crippen LogP contribution in [0.4, 0.5) is 0 Å². The number of methoxy groups -OCH3 is 1. The molecule has 0 aliphatic heterocycles. The Labute approximate surface area is 106 Å². The third-order valence-electron chi connectivity index (χ3n) is 2.62. The molecule has 1 atom stereocenters. The molecule has 1 heterocycles. The number of benzene rings is 1. The van der Waals surface area contributed by atoms with E-state index in [1.165, 1.54) is 0 Å². The number of para-hydroxylation sites is 1. The van der Waals surface area contributed by atoms with E-state index in [0.717, 1.165) is 22.6 Å². The van der Waals surface area contributed by atoms with Gasteiger partial charge >= 0.3 is 0 Å². The number of rotatable bonds is 3. The Morgan fingerprint density at radius 2 is 2.12 bits per heavy atom. The summed E-state index contributed by atoms with van der Waals surface area (Å²) in [4.78, 5) is 4.57. The minimum atomic E-state index is -0.158. The van der Waals surface area contributed by atoms with Crippen molar-refractivity contribution in [2.75, 3.05) is 26.2 Å². The van der Waals surface area contributed by atoms with Crippen molar-refractivity contribution in [3.8, 4) is 5.75 Å². The number of aromatic nitrogens is 2.